The van der Waals surface area contributed by atoms with Crippen molar-refractivity contribution in [2.24, 2.45) is 0 Å². The minimum absolute atomic E-state index is 0.250. The van der Waals surface area contributed by atoms with Crippen molar-refractivity contribution >= 4 is 5.97 Å². The number of carbonyl (C=O) groups is 1. The molecule has 0 amide bonds. The molecule has 4 heteroatoms. The van der Waals surface area contributed by atoms with Crippen LogP contribution >= 0.6 is 0 Å². The van der Waals surface area contributed by atoms with Gasteiger partial charge in [-0.15, -0.1) is 0 Å². The molecular weight excluding hydrogens is 244 g/mol. The van der Waals surface area contributed by atoms with Crippen LogP contribution in [0.15, 0.2) is 30.3 Å². The zero-order valence-corrected chi connectivity index (χ0v) is 11.2. The largest absolute Gasteiger partial charge is 0.481 e. The molecule has 0 spiro atoms. The third-order valence-electron chi connectivity index (χ3n) is 2.66. The standard InChI is InChI=1S/C15H22O4/c16-15(17)9-5-2-6-10-18-11-12-19-13-14-7-3-1-4-8-14/h1,3-4,7-8H,2,5-6,9-13H2,(H,16,17). The Balaban J connectivity index is 1.83. The molecule has 0 unspecified atom stereocenters. The Morgan fingerprint density at radius 1 is 0.947 bits per heavy atom. The van der Waals surface area contributed by atoms with Crippen molar-refractivity contribution in [3.8, 4) is 0 Å². The summed E-state index contributed by atoms with van der Waals surface area (Å²) in [5.41, 5.74) is 1.16. The Morgan fingerprint density at radius 3 is 2.42 bits per heavy atom. The first-order chi connectivity index (χ1) is 9.29. The number of hydrogen-bond acceptors (Lipinski definition) is 3. The average Bonchev–Trinajstić information content (AvgIpc) is 2.42. The Hall–Kier alpha value is -1.39. The number of ether oxygens (including phenoxy) is 2. The second-order valence-corrected chi connectivity index (χ2v) is 4.35. The van der Waals surface area contributed by atoms with Gasteiger partial charge < -0.3 is 14.6 Å². The first kappa shape index (κ1) is 15.7. The molecule has 0 bridgehead atoms. The Kier molecular flexibility index (Phi) is 8.68. The highest BCUT2D eigenvalue weighted by atomic mass is 16.5. The quantitative estimate of drug-likeness (QED) is 0.626. The van der Waals surface area contributed by atoms with Crippen LogP contribution in [-0.4, -0.2) is 30.9 Å². The van der Waals surface area contributed by atoms with Gasteiger partial charge >= 0.3 is 5.97 Å². The van der Waals surface area contributed by atoms with Crippen LogP contribution in [0.4, 0.5) is 0 Å². The summed E-state index contributed by atoms with van der Waals surface area (Å²) in [6, 6.07) is 10.0. The lowest BCUT2D eigenvalue weighted by atomic mass is 10.2. The van der Waals surface area contributed by atoms with Crippen molar-refractivity contribution in [3.05, 3.63) is 35.9 Å². The van der Waals surface area contributed by atoms with E-state index >= 15 is 0 Å². The van der Waals surface area contributed by atoms with Crippen molar-refractivity contribution in [2.45, 2.75) is 32.3 Å². The molecule has 0 heterocycles. The van der Waals surface area contributed by atoms with E-state index in [1.807, 2.05) is 30.3 Å². The lowest BCUT2D eigenvalue weighted by Gasteiger charge is -2.05. The zero-order chi connectivity index (χ0) is 13.8. The van der Waals surface area contributed by atoms with Crippen molar-refractivity contribution in [1.29, 1.82) is 0 Å². The van der Waals surface area contributed by atoms with Crippen molar-refractivity contribution < 1.29 is 19.4 Å². The van der Waals surface area contributed by atoms with Crippen LogP contribution < -0.4 is 0 Å². The van der Waals surface area contributed by atoms with E-state index in [2.05, 4.69) is 0 Å². The topological polar surface area (TPSA) is 55.8 Å². The molecule has 106 valence electrons. The van der Waals surface area contributed by atoms with Crippen LogP contribution in [0.1, 0.15) is 31.2 Å². The molecule has 0 radical (unpaired) electrons. The number of carboxylic acids is 1. The normalized spacial score (nSPS) is 10.5. The van der Waals surface area contributed by atoms with Crippen LogP contribution in [-0.2, 0) is 20.9 Å². The number of unbranched alkanes of at least 4 members (excludes halogenated alkanes) is 2. The molecular formula is C15H22O4. The number of hydrogen-bond donors (Lipinski definition) is 1. The molecule has 0 saturated heterocycles. The Bertz CT molecular complexity index is 337. The van der Waals surface area contributed by atoms with Crippen LogP contribution in [0, 0.1) is 0 Å². The molecule has 0 aromatic heterocycles. The fourth-order valence-corrected chi connectivity index (χ4v) is 1.64. The smallest absolute Gasteiger partial charge is 0.303 e. The van der Waals surface area contributed by atoms with Gasteiger partial charge in [0.1, 0.15) is 0 Å². The number of aliphatic carboxylic acids is 1. The highest BCUT2D eigenvalue weighted by Crippen LogP contribution is 2.01. The van der Waals surface area contributed by atoms with Crippen molar-refractivity contribution in [2.75, 3.05) is 19.8 Å². The van der Waals surface area contributed by atoms with Gasteiger partial charge in [0.05, 0.1) is 19.8 Å². The molecule has 0 aliphatic rings. The van der Waals surface area contributed by atoms with Crippen molar-refractivity contribution in [1.82, 2.24) is 0 Å². The van der Waals surface area contributed by atoms with Gasteiger partial charge in [-0.25, -0.2) is 0 Å². The first-order valence-corrected chi connectivity index (χ1v) is 6.70. The van der Waals surface area contributed by atoms with E-state index in [0.717, 1.165) is 24.8 Å². The van der Waals surface area contributed by atoms with E-state index in [1.54, 1.807) is 0 Å². The molecule has 1 aromatic rings. The van der Waals surface area contributed by atoms with Crippen molar-refractivity contribution in [3.63, 3.8) is 0 Å². The van der Waals surface area contributed by atoms with Gasteiger partial charge in [0.2, 0.25) is 0 Å². The van der Waals surface area contributed by atoms with E-state index < -0.39 is 5.97 Å². The summed E-state index contributed by atoms with van der Waals surface area (Å²) in [7, 11) is 0. The summed E-state index contributed by atoms with van der Waals surface area (Å²) in [6.07, 6.45) is 2.78. The summed E-state index contributed by atoms with van der Waals surface area (Å²) < 4.78 is 10.9. The van der Waals surface area contributed by atoms with Gasteiger partial charge in [0, 0.05) is 13.0 Å². The molecule has 0 aliphatic carbocycles. The van der Waals surface area contributed by atoms with Gasteiger partial charge in [-0.1, -0.05) is 36.8 Å². The molecule has 4 nitrogen and oxygen atoms in total. The van der Waals surface area contributed by atoms with Gasteiger partial charge in [-0.05, 0) is 18.4 Å². The third kappa shape index (κ3) is 9.22. The van der Waals surface area contributed by atoms with Gasteiger partial charge in [0.25, 0.3) is 0 Å². The predicted octanol–water partition coefficient (Wildman–Crippen LogP) is 2.86. The molecule has 0 aliphatic heterocycles. The number of rotatable bonds is 11. The Morgan fingerprint density at radius 2 is 1.68 bits per heavy atom. The Labute approximate surface area is 114 Å². The van der Waals surface area contributed by atoms with Crippen LogP contribution in [0.3, 0.4) is 0 Å². The third-order valence-corrected chi connectivity index (χ3v) is 2.66. The summed E-state index contributed by atoms with van der Waals surface area (Å²) >= 11 is 0. The van der Waals surface area contributed by atoms with E-state index in [9.17, 15) is 4.79 Å². The van der Waals surface area contributed by atoms with Gasteiger partial charge in [0.15, 0.2) is 0 Å². The van der Waals surface area contributed by atoms with E-state index in [-0.39, 0.29) is 6.42 Å². The number of carboxylic acid groups (broad SMARTS) is 1. The summed E-state index contributed by atoms with van der Waals surface area (Å²) in [5, 5.41) is 8.46. The molecule has 19 heavy (non-hydrogen) atoms. The molecule has 1 aromatic carbocycles. The monoisotopic (exact) mass is 266 g/mol. The summed E-state index contributed by atoms with van der Waals surface area (Å²) in [5.74, 6) is -0.727. The van der Waals surface area contributed by atoms with Crippen LogP contribution in [0.25, 0.3) is 0 Å². The summed E-state index contributed by atoms with van der Waals surface area (Å²) in [4.78, 5) is 10.3. The molecule has 0 saturated carbocycles. The van der Waals surface area contributed by atoms with Gasteiger partial charge in [-0.3, -0.25) is 4.79 Å². The minimum atomic E-state index is -0.727. The second-order valence-electron chi connectivity index (χ2n) is 4.35. The molecule has 1 N–H and O–H groups in total. The number of benzene rings is 1. The second kappa shape index (κ2) is 10.5. The minimum Gasteiger partial charge on any atom is -0.481 e. The maximum Gasteiger partial charge on any atom is 0.303 e. The van der Waals surface area contributed by atoms with Crippen LogP contribution in [0.5, 0.6) is 0 Å². The maximum absolute atomic E-state index is 10.3. The molecule has 0 fully saturated rings. The highest BCUT2D eigenvalue weighted by molar-refractivity contribution is 5.66. The SMILES string of the molecule is O=C(O)CCCCCOCCOCc1ccccc1. The average molecular weight is 266 g/mol. The van der Waals surface area contributed by atoms with Crippen LogP contribution in [0.2, 0.25) is 0 Å². The highest BCUT2D eigenvalue weighted by Gasteiger charge is 1.96. The lowest BCUT2D eigenvalue weighted by molar-refractivity contribution is -0.137. The van der Waals surface area contributed by atoms with Gasteiger partial charge in [-0.2, -0.15) is 0 Å². The fourth-order valence-electron chi connectivity index (χ4n) is 1.64. The maximum atomic E-state index is 10.3. The van der Waals surface area contributed by atoms with E-state index in [0.29, 0.717) is 26.4 Å². The zero-order valence-electron chi connectivity index (χ0n) is 11.2. The summed E-state index contributed by atoms with van der Waals surface area (Å²) in [6.45, 7) is 2.47. The first-order valence-electron chi connectivity index (χ1n) is 6.70. The predicted molar refractivity (Wildman–Crippen MR) is 73.0 cm³/mol. The molecule has 0 atom stereocenters. The van der Waals surface area contributed by atoms with E-state index in [1.165, 1.54) is 0 Å². The molecule has 1 rings (SSSR count). The van der Waals surface area contributed by atoms with E-state index in [4.69, 9.17) is 14.6 Å². The lowest BCUT2D eigenvalue weighted by Crippen LogP contribution is -2.05. The fraction of sp³-hybridized carbons (Fsp3) is 0.533.